The van der Waals surface area contributed by atoms with E-state index < -0.39 is 0 Å². The minimum Gasteiger partial charge on any atom is -0.324 e. The molecule has 0 aromatic heterocycles. The van der Waals surface area contributed by atoms with E-state index in [0.717, 1.165) is 30.3 Å². The molecule has 3 spiro atoms. The molecular weight excluding hydrogens is 342 g/mol. The van der Waals surface area contributed by atoms with E-state index in [-0.39, 0.29) is 5.54 Å². The normalized spacial score (nSPS) is 58.5. The van der Waals surface area contributed by atoms with E-state index in [1.807, 2.05) is 0 Å². The fourth-order valence-corrected chi connectivity index (χ4v) is 10.7. The quantitative estimate of drug-likeness (QED) is 0.715. The van der Waals surface area contributed by atoms with Crippen LogP contribution in [0.4, 0.5) is 0 Å². The van der Waals surface area contributed by atoms with Crippen LogP contribution in [0.3, 0.4) is 0 Å². The summed E-state index contributed by atoms with van der Waals surface area (Å²) >= 11 is 0. The van der Waals surface area contributed by atoms with Crippen molar-refractivity contribution < 1.29 is 0 Å². The molecule has 9 unspecified atom stereocenters. The lowest BCUT2D eigenvalue weighted by Crippen LogP contribution is -2.66. The number of nitriles is 1. The molecule has 0 heterocycles. The molecular formula is C25H35N3. The van der Waals surface area contributed by atoms with Crippen molar-refractivity contribution in [3.8, 4) is 6.07 Å². The smallest absolute Gasteiger partial charge is 0.0950 e. The van der Waals surface area contributed by atoms with Gasteiger partial charge in [0.25, 0.3) is 0 Å². The zero-order valence-corrected chi connectivity index (χ0v) is 17.8. The average Bonchev–Trinajstić information content (AvgIpc) is 3.05. The first-order valence-corrected chi connectivity index (χ1v) is 11.6. The van der Waals surface area contributed by atoms with E-state index in [1.165, 1.54) is 49.7 Å². The lowest BCUT2D eigenvalue weighted by molar-refractivity contribution is -0.0799. The Morgan fingerprint density at radius 2 is 1.93 bits per heavy atom. The molecule has 0 aromatic carbocycles. The standard InChI is InChI=1S/C25H35N3/c1-14-12-23-9-10-24-15(2)25(24)8-7-20(28-4)22(3,27)19(25)6-5-17(24)18(23)11-16(13-26)21(14)23/h15,17-20,28H,1,5-12,27H2,2-4H3. The molecule has 0 bridgehead atoms. The second kappa shape index (κ2) is 4.96. The van der Waals surface area contributed by atoms with Gasteiger partial charge in [-0.1, -0.05) is 13.5 Å². The van der Waals surface area contributed by atoms with Gasteiger partial charge in [-0.15, -0.1) is 0 Å². The fraction of sp³-hybridized carbons (Fsp3) is 0.800. The van der Waals surface area contributed by atoms with E-state index >= 15 is 0 Å². The number of nitrogens with zero attached hydrogens (tertiary/aromatic N) is 1. The van der Waals surface area contributed by atoms with Gasteiger partial charge in [-0.05, 0) is 111 Å². The van der Waals surface area contributed by atoms with Crippen molar-refractivity contribution in [2.24, 2.45) is 45.7 Å². The third-order valence-corrected chi connectivity index (χ3v) is 11.5. The van der Waals surface area contributed by atoms with E-state index in [0.29, 0.717) is 34.1 Å². The molecule has 0 radical (unpaired) electrons. The van der Waals surface area contributed by atoms with Crippen LogP contribution in [0.5, 0.6) is 0 Å². The van der Waals surface area contributed by atoms with Crippen molar-refractivity contribution in [3.63, 3.8) is 0 Å². The second-order valence-corrected chi connectivity index (χ2v) is 11.5. The van der Waals surface area contributed by atoms with Gasteiger partial charge in [-0.25, -0.2) is 0 Å². The van der Waals surface area contributed by atoms with E-state index in [4.69, 9.17) is 5.73 Å². The predicted octanol–water partition coefficient (Wildman–Crippen LogP) is 4.31. The average molecular weight is 378 g/mol. The lowest BCUT2D eigenvalue weighted by Gasteiger charge is -2.61. The molecule has 150 valence electrons. The van der Waals surface area contributed by atoms with Crippen molar-refractivity contribution in [2.45, 2.75) is 76.8 Å². The Kier molecular flexibility index (Phi) is 3.14. The van der Waals surface area contributed by atoms with Crippen LogP contribution in [-0.2, 0) is 0 Å². The highest BCUT2D eigenvalue weighted by molar-refractivity contribution is 5.58. The summed E-state index contributed by atoms with van der Waals surface area (Å²) in [6.07, 6.45) is 10.0. The second-order valence-electron chi connectivity index (χ2n) is 11.5. The summed E-state index contributed by atoms with van der Waals surface area (Å²) in [5.41, 5.74) is 12.0. The molecule has 6 aliphatic rings. The summed E-state index contributed by atoms with van der Waals surface area (Å²) < 4.78 is 0. The number of allylic oxidation sites excluding steroid dienone is 3. The van der Waals surface area contributed by atoms with E-state index in [9.17, 15) is 5.26 Å². The summed E-state index contributed by atoms with van der Waals surface area (Å²) in [6.45, 7) is 9.20. The summed E-state index contributed by atoms with van der Waals surface area (Å²) in [6, 6.07) is 3.03. The van der Waals surface area contributed by atoms with Gasteiger partial charge in [0.15, 0.2) is 0 Å². The van der Waals surface area contributed by atoms with E-state index in [2.05, 4.69) is 38.9 Å². The van der Waals surface area contributed by atoms with Crippen LogP contribution >= 0.6 is 0 Å². The highest BCUT2D eigenvalue weighted by Crippen LogP contribution is 2.89. The molecule has 3 heteroatoms. The third kappa shape index (κ3) is 1.51. The van der Waals surface area contributed by atoms with Crippen LogP contribution in [0.15, 0.2) is 23.3 Å². The van der Waals surface area contributed by atoms with Crippen LogP contribution in [0.2, 0.25) is 0 Å². The SMILES string of the molecule is C=C1CC23CCC45C(CCC6C(C)(N)C(NC)CCC64C5C)C2CC(C#N)=C13. The zero-order chi connectivity index (χ0) is 19.7. The molecule has 6 aliphatic carbocycles. The minimum atomic E-state index is -0.105. The maximum absolute atomic E-state index is 9.81. The first kappa shape index (κ1) is 17.7. The first-order valence-electron chi connectivity index (χ1n) is 11.6. The largest absolute Gasteiger partial charge is 0.324 e. The van der Waals surface area contributed by atoms with Gasteiger partial charge in [-0.3, -0.25) is 0 Å². The Morgan fingerprint density at radius 1 is 1.14 bits per heavy atom. The highest BCUT2D eigenvalue weighted by atomic mass is 15.0. The number of rotatable bonds is 1. The van der Waals surface area contributed by atoms with Crippen LogP contribution in [0.25, 0.3) is 0 Å². The summed E-state index contributed by atoms with van der Waals surface area (Å²) in [5, 5.41) is 13.4. The van der Waals surface area contributed by atoms with Crippen molar-refractivity contribution in [1.29, 1.82) is 5.26 Å². The maximum Gasteiger partial charge on any atom is 0.0950 e. The fourth-order valence-electron chi connectivity index (χ4n) is 10.7. The number of hydrogen-bond acceptors (Lipinski definition) is 3. The Hall–Kier alpha value is -1.11. The zero-order valence-electron chi connectivity index (χ0n) is 17.8. The van der Waals surface area contributed by atoms with E-state index in [1.54, 1.807) is 0 Å². The number of likely N-dealkylation sites (N-methyl/N-ethyl adjacent to an activating group) is 1. The topological polar surface area (TPSA) is 61.8 Å². The molecule has 0 saturated heterocycles. The lowest BCUT2D eigenvalue weighted by atomic mass is 9.43. The van der Waals surface area contributed by atoms with Gasteiger partial charge in [0, 0.05) is 22.6 Å². The number of fused-ring (bicyclic) bond motifs is 1. The third-order valence-electron chi connectivity index (χ3n) is 11.5. The Bertz CT molecular complexity index is 862. The predicted molar refractivity (Wildman–Crippen MR) is 111 cm³/mol. The number of nitrogens with one attached hydrogen (secondary N) is 1. The summed E-state index contributed by atoms with van der Waals surface area (Å²) in [4.78, 5) is 0. The molecule has 0 amide bonds. The maximum atomic E-state index is 9.81. The van der Waals surface area contributed by atoms with Crippen molar-refractivity contribution in [2.75, 3.05) is 7.05 Å². The molecule has 9 atom stereocenters. The van der Waals surface area contributed by atoms with Crippen molar-refractivity contribution in [3.05, 3.63) is 23.3 Å². The molecule has 5 fully saturated rings. The van der Waals surface area contributed by atoms with Gasteiger partial charge < -0.3 is 11.1 Å². The first-order chi connectivity index (χ1) is 13.3. The van der Waals surface area contributed by atoms with Crippen LogP contribution in [-0.4, -0.2) is 18.6 Å². The Morgan fingerprint density at radius 3 is 2.61 bits per heavy atom. The van der Waals surface area contributed by atoms with Gasteiger partial charge in [0.2, 0.25) is 0 Å². The highest BCUT2D eigenvalue weighted by Gasteiger charge is 2.85. The van der Waals surface area contributed by atoms with Crippen LogP contribution in [0, 0.1) is 51.2 Å². The van der Waals surface area contributed by atoms with Crippen molar-refractivity contribution >= 4 is 0 Å². The Balaban J connectivity index is 1.41. The molecule has 3 nitrogen and oxygen atoms in total. The molecule has 5 saturated carbocycles. The minimum absolute atomic E-state index is 0.105. The number of hydrogen-bond donors (Lipinski definition) is 2. The summed E-state index contributed by atoms with van der Waals surface area (Å²) in [7, 11) is 2.09. The van der Waals surface area contributed by atoms with Crippen molar-refractivity contribution in [1.82, 2.24) is 5.32 Å². The molecule has 3 N–H and O–H groups in total. The Labute approximate surface area is 169 Å². The molecule has 6 rings (SSSR count). The van der Waals surface area contributed by atoms with Gasteiger partial charge >= 0.3 is 0 Å². The van der Waals surface area contributed by atoms with Gasteiger partial charge in [0.1, 0.15) is 0 Å². The molecule has 0 aromatic rings. The monoisotopic (exact) mass is 377 g/mol. The van der Waals surface area contributed by atoms with Gasteiger partial charge in [0.05, 0.1) is 6.07 Å². The van der Waals surface area contributed by atoms with Crippen LogP contribution in [0.1, 0.15) is 65.2 Å². The molecule has 28 heavy (non-hydrogen) atoms. The van der Waals surface area contributed by atoms with Gasteiger partial charge in [-0.2, -0.15) is 5.26 Å². The number of nitrogens with two attached hydrogens (primary N) is 1. The van der Waals surface area contributed by atoms with Crippen LogP contribution < -0.4 is 11.1 Å². The molecule has 0 aliphatic heterocycles. The summed E-state index contributed by atoms with van der Waals surface area (Å²) in [5.74, 6) is 2.94.